The Kier molecular flexibility index (Phi) is 11.0. The van der Waals surface area contributed by atoms with Gasteiger partial charge in [-0.25, -0.2) is 0 Å². The Morgan fingerprint density at radius 1 is 1.46 bits per heavy atom. The molecule has 0 aliphatic heterocycles. The monoisotopic (exact) mass is 244 g/mol. The van der Waals surface area contributed by atoms with Gasteiger partial charge >= 0.3 is 0 Å². The first-order valence-corrected chi connectivity index (χ1v) is 4.42. The van der Waals surface area contributed by atoms with Crippen molar-refractivity contribution in [1.29, 1.82) is 0 Å². The van der Waals surface area contributed by atoms with Crippen LogP contribution in [-0.2, 0) is 5.54 Å². The molecule has 0 aromatic carbocycles. The predicted octanol–water partition coefficient (Wildman–Crippen LogP) is 3.34. The number of hydrogen-bond acceptors (Lipinski definition) is 3. The maximum absolute atomic E-state index is 5.99. The van der Waals surface area contributed by atoms with Gasteiger partial charge in [0, 0.05) is 5.54 Å². The SMILES string of the molecule is CCC(C)(N)c1ccsc1.Cl.Cl.N. The van der Waals surface area contributed by atoms with E-state index < -0.39 is 0 Å². The summed E-state index contributed by atoms with van der Waals surface area (Å²) in [5, 5.41) is 4.18. The van der Waals surface area contributed by atoms with Crippen LogP contribution in [0.15, 0.2) is 16.8 Å². The Morgan fingerprint density at radius 3 is 2.31 bits per heavy atom. The van der Waals surface area contributed by atoms with Gasteiger partial charge in [-0.1, -0.05) is 6.92 Å². The third-order valence-electron chi connectivity index (χ3n) is 1.92. The summed E-state index contributed by atoms with van der Waals surface area (Å²) in [5.41, 5.74) is 7.11. The largest absolute Gasteiger partial charge is 0.344 e. The second-order valence-corrected chi connectivity index (χ2v) is 3.56. The minimum Gasteiger partial charge on any atom is -0.344 e. The van der Waals surface area contributed by atoms with Crippen molar-refractivity contribution in [2.75, 3.05) is 0 Å². The first kappa shape index (κ1) is 18.9. The highest BCUT2D eigenvalue weighted by Crippen LogP contribution is 2.22. The van der Waals surface area contributed by atoms with Crippen molar-refractivity contribution in [1.82, 2.24) is 6.15 Å². The van der Waals surface area contributed by atoms with Gasteiger partial charge in [-0.15, -0.1) is 24.8 Å². The normalized spacial score (nSPS) is 12.8. The van der Waals surface area contributed by atoms with Crippen LogP contribution in [0.5, 0.6) is 0 Å². The van der Waals surface area contributed by atoms with Gasteiger partial charge in [0.25, 0.3) is 0 Å². The van der Waals surface area contributed by atoms with Gasteiger partial charge in [0.15, 0.2) is 0 Å². The zero-order valence-electron chi connectivity index (χ0n) is 7.95. The van der Waals surface area contributed by atoms with E-state index in [9.17, 15) is 0 Å². The second-order valence-electron chi connectivity index (χ2n) is 2.78. The van der Waals surface area contributed by atoms with E-state index in [1.54, 1.807) is 11.3 Å². The topological polar surface area (TPSA) is 61.0 Å². The molecule has 1 aromatic heterocycles. The lowest BCUT2D eigenvalue weighted by atomic mass is 9.93. The van der Waals surface area contributed by atoms with E-state index in [4.69, 9.17) is 5.73 Å². The standard InChI is InChI=1S/C8H13NS.2ClH.H3N/c1-3-8(2,9)7-4-5-10-6-7;;;/h4-6H,3,9H2,1-2H3;2*1H;1H3. The molecule has 0 spiro atoms. The fourth-order valence-electron chi connectivity index (χ4n) is 0.794. The molecule has 5 heteroatoms. The zero-order chi connectivity index (χ0) is 7.61. The van der Waals surface area contributed by atoms with Crippen LogP contribution in [-0.4, -0.2) is 0 Å². The van der Waals surface area contributed by atoms with Gasteiger partial charge in [0.1, 0.15) is 0 Å². The quantitative estimate of drug-likeness (QED) is 0.839. The number of nitrogens with two attached hydrogens (primary N) is 1. The summed E-state index contributed by atoms with van der Waals surface area (Å²) in [4.78, 5) is 0. The summed E-state index contributed by atoms with van der Waals surface area (Å²) in [6.45, 7) is 4.17. The van der Waals surface area contributed by atoms with Crippen molar-refractivity contribution in [3.8, 4) is 0 Å². The molecule has 1 heterocycles. The van der Waals surface area contributed by atoms with Gasteiger partial charge in [-0.2, -0.15) is 11.3 Å². The highest BCUT2D eigenvalue weighted by atomic mass is 35.5. The van der Waals surface area contributed by atoms with E-state index in [0.29, 0.717) is 0 Å². The molecular weight excluding hydrogens is 227 g/mol. The van der Waals surface area contributed by atoms with E-state index >= 15 is 0 Å². The van der Waals surface area contributed by atoms with Crippen LogP contribution in [0.2, 0.25) is 0 Å². The number of hydrogen-bond donors (Lipinski definition) is 2. The molecule has 1 unspecified atom stereocenters. The number of rotatable bonds is 2. The number of halogens is 2. The third kappa shape index (κ3) is 4.84. The summed E-state index contributed by atoms with van der Waals surface area (Å²) in [5.74, 6) is 0. The maximum Gasteiger partial charge on any atom is 0.0386 e. The van der Waals surface area contributed by atoms with Crippen molar-refractivity contribution in [2.45, 2.75) is 25.8 Å². The lowest BCUT2D eigenvalue weighted by molar-refractivity contribution is 0.478. The van der Waals surface area contributed by atoms with Gasteiger partial charge < -0.3 is 11.9 Å². The highest BCUT2D eigenvalue weighted by molar-refractivity contribution is 7.08. The van der Waals surface area contributed by atoms with Gasteiger partial charge in [-0.05, 0) is 35.7 Å². The minimum absolute atomic E-state index is 0. The fraction of sp³-hybridized carbons (Fsp3) is 0.500. The highest BCUT2D eigenvalue weighted by Gasteiger charge is 2.17. The number of thiophene rings is 1. The van der Waals surface area contributed by atoms with Crippen molar-refractivity contribution < 1.29 is 0 Å². The Balaban J connectivity index is -0.000000333. The molecular formula is C8H18Cl2N2S. The lowest BCUT2D eigenvalue weighted by Crippen LogP contribution is -2.31. The molecule has 5 N–H and O–H groups in total. The predicted molar refractivity (Wildman–Crippen MR) is 65.7 cm³/mol. The molecule has 0 aliphatic carbocycles. The first-order chi connectivity index (χ1) is 4.67. The molecule has 1 aromatic rings. The smallest absolute Gasteiger partial charge is 0.0386 e. The summed E-state index contributed by atoms with van der Waals surface area (Å²) >= 11 is 1.70. The van der Waals surface area contributed by atoms with E-state index in [-0.39, 0.29) is 36.5 Å². The molecule has 1 atom stereocenters. The zero-order valence-corrected chi connectivity index (χ0v) is 10.4. The molecule has 80 valence electrons. The van der Waals surface area contributed by atoms with Crippen LogP contribution in [0.1, 0.15) is 25.8 Å². The molecule has 1 rings (SSSR count). The molecule has 13 heavy (non-hydrogen) atoms. The molecule has 0 fully saturated rings. The lowest BCUT2D eigenvalue weighted by Gasteiger charge is -2.20. The third-order valence-corrected chi connectivity index (χ3v) is 2.60. The summed E-state index contributed by atoms with van der Waals surface area (Å²) in [6, 6.07) is 2.09. The Bertz CT molecular complexity index is 200. The Morgan fingerprint density at radius 2 is 2.00 bits per heavy atom. The first-order valence-electron chi connectivity index (χ1n) is 3.48. The molecule has 0 amide bonds. The van der Waals surface area contributed by atoms with Crippen molar-refractivity contribution >= 4 is 36.2 Å². The van der Waals surface area contributed by atoms with Crippen LogP contribution in [0.25, 0.3) is 0 Å². The fourth-order valence-corrected chi connectivity index (χ4v) is 1.59. The average molecular weight is 245 g/mol. The van der Waals surface area contributed by atoms with Crippen molar-refractivity contribution in [3.63, 3.8) is 0 Å². The van der Waals surface area contributed by atoms with E-state index in [2.05, 4.69) is 30.7 Å². The summed E-state index contributed by atoms with van der Waals surface area (Å²) in [7, 11) is 0. The van der Waals surface area contributed by atoms with Crippen LogP contribution in [0, 0.1) is 0 Å². The van der Waals surface area contributed by atoms with Crippen LogP contribution in [0.3, 0.4) is 0 Å². The van der Waals surface area contributed by atoms with E-state index in [1.165, 1.54) is 5.56 Å². The van der Waals surface area contributed by atoms with Gasteiger partial charge in [0.2, 0.25) is 0 Å². The molecule has 0 radical (unpaired) electrons. The Hall–Kier alpha value is 0.200. The van der Waals surface area contributed by atoms with Crippen molar-refractivity contribution in [3.05, 3.63) is 22.4 Å². The molecule has 0 saturated carbocycles. The molecule has 0 aliphatic rings. The van der Waals surface area contributed by atoms with Crippen LogP contribution in [0.4, 0.5) is 0 Å². The van der Waals surface area contributed by atoms with Crippen LogP contribution < -0.4 is 11.9 Å². The molecule has 0 bridgehead atoms. The summed E-state index contributed by atoms with van der Waals surface area (Å²) < 4.78 is 0. The van der Waals surface area contributed by atoms with Crippen molar-refractivity contribution in [2.24, 2.45) is 5.73 Å². The van der Waals surface area contributed by atoms with Gasteiger partial charge in [0.05, 0.1) is 0 Å². The minimum atomic E-state index is -0.125. The van der Waals surface area contributed by atoms with E-state index in [0.717, 1.165) is 6.42 Å². The summed E-state index contributed by atoms with van der Waals surface area (Å²) in [6.07, 6.45) is 0.990. The Labute approximate surface area is 96.3 Å². The molecule has 2 nitrogen and oxygen atoms in total. The average Bonchev–Trinajstić information content (AvgIpc) is 2.38. The molecule has 0 saturated heterocycles. The second kappa shape index (κ2) is 7.59. The van der Waals surface area contributed by atoms with E-state index in [1.807, 2.05) is 0 Å². The van der Waals surface area contributed by atoms with Gasteiger partial charge in [-0.3, -0.25) is 0 Å². The maximum atomic E-state index is 5.99. The van der Waals surface area contributed by atoms with Crippen LogP contribution >= 0.6 is 36.2 Å².